The van der Waals surface area contributed by atoms with E-state index in [0.717, 1.165) is 13.1 Å². The number of Topliss-reactive ketones (excluding diaryl/α,β-unsaturated/α-hetero) is 1. The Bertz CT molecular complexity index is 172. The lowest BCUT2D eigenvalue weighted by molar-refractivity contribution is -0.118. The molecule has 0 aliphatic carbocycles. The summed E-state index contributed by atoms with van der Waals surface area (Å²) in [4.78, 5) is 12.9. The third kappa shape index (κ3) is 2.76. The molecule has 2 unspecified atom stereocenters. The van der Waals surface area contributed by atoms with Crippen molar-refractivity contribution in [3.05, 3.63) is 0 Å². The number of carbonyl (C=O) groups excluding carboxylic acids is 1. The SMILES string of the molecule is COC1CN(CC(C)=O)CC1OC. The molecule has 0 bridgehead atoms. The van der Waals surface area contributed by atoms with Gasteiger partial charge in [-0.25, -0.2) is 0 Å². The van der Waals surface area contributed by atoms with E-state index in [2.05, 4.69) is 4.90 Å². The van der Waals surface area contributed by atoms with Gasteiger partial charge < -0.3 is 9.47 Å². The molecule has 1 rings (SSSR count). The van der Waals surface area contributed by atoms with E-state index in [-0.39, 0.29) is 18.0 Å². The molecule has 0 aromatic rings. The molecule has 1 saturated heterocycles. The van der Waals surface area contributed by atoms with E-state index in [0.29, 0.717) is 6.54 Å². The summed E-state index contributed by atoms with van der Waals surface area (Å²) in [7, 11) is 3.35. The second-order valence-corrected chi connectivity index (χ2v) is 3.44. The molecule has 4 heteroatoms. The fraction of sp³-hybridized carbons (Fsp3) is 0.889. The van der Waals surface area contributed by atoms with E-state index in [4.69, 9.17) is 9.47 Å². The van der Waals surface area contributed by atoms with Crippen LogP contribution in [0.2, 0.25) is 0 Å². The van der Waals surface area contributed by atoms with E-state index >= 15 is 0 Å². The summed E-state index contributed by atoms with van der Waals surface area (Å²) < 4.78 is 10.5. The standard InChI is InChI=1S/C9H17NO3/c1-7(11)4-10-5-8(12-2)9(6-10)13-3/h8-9H,4-6H2,1-3H3. The lowest BCUT2D eigenvalue weighted by atomic mass is 10.3. The minimum Gasteiger partial charge on any atom is -0.377 e. The Morgan fingerprint density at radius 1 is 1.31 bits per heavy atom. The molecule has 0 N–H and O–H groups in total. The van der Waals surface area contributed by atoms with Gasteiger partial charge >= 0.3 is 0 Å². The zero-order valence-electron chi connectivity index (χ0n) is 8.45. The van der Waals surface area contributed by atoms with Gasteiger partial charge in [0.05, 0.1) is 18.8 Å². The highest BCUT2D eigenvalue weighted by atomic mass is 16.5. The molecule has 0 saturated carbocycles. The van der Waals surface area contributed by atoms with Crippen LogP contribution >= 0.6 is 0 Å². The summed E-state index contributed by atoms with van der Waals surface area (Å²) in [6.45, 7) is 3.67. The topological polar surface area (TPSA) is 38.8 Å². The van der Waals surface area contributed by atoms with E-state index < -0.39 is 0 Å². The third-order valence-electron chi connectivity index (χ3n) is 2.34. The number of hydrogen-bond acceptors (Lipinski definition) is 4. The summed E-state index contributed by atoms with van der Waals surface area (Å²) in [6.07, 6.45) is 0.202. The van der Waals surface area contributed by atoms with Gasteiger partial charge in [0.15, 0.2) is 0 Å². The number of ether oxygens (including phenoxy) is 2. The minimum absolute atomic E-state index is 0.101. The lowest BCUT2D eigenvalue weighted by Gasteiger charge is -2.13. The Hall–Kier alpha value is -0.450. The average Bonchev–Trinajstić information content (AvgIpc) is 2.45. The maximum absolute atomic E-state index is 10.9. The van der Waals surface area contributed by atoms with Crippen LogP contribution in [0.25, 0.3) is 0 Å². The number of carbonyl (C=O) groups is 1. The van der Waals surface area contributed by atoms with Crippen molar-refractivity contribution in [3.8, 4) is 0 Å². The number of nitrogens with zero attached hydrogens (tertiary/aromatic N) is 1. The van der Waals surface area contributed by atoms with Gasteiger partial charge in [-0.05, 0) is 6.92 Å². The van der Waals surface area contributed by atoms with Crippen molar-refractivity contribution in [1.82, 2.24) is 4.90 Å². The molecule has 4 nitrogen and oxygen atoms in total. The number of methoxy groups -OCH3 is 2. The van der Waals surface area contributed by atoms with Crippen LogP contribution in [-0.2, 0) is 14.3 Å². The maximum atomic E-state index is 10.9. The summed E-state index contributed by atoms with van der Waals surface area (Å²) in [6, 6.07) is 0. The zero-order valence-corrected chi connectivity index (χ0v) is 8.45. The van der Waals surface area contributed by atoms with Crippen LogP contribution in [0.15, 0.2) is 0 Å². The first-order chi connectivity index (χ1) is 6.17. The molecule has 0 spiro atoms. The van der Waals surface area contributed by atoms with Crippen LogP contribution < -0.4 is 0 Å². The van der Waals surface area contributed by atoms with E-state index in [1.807, 2.05) is 0 Å². The number of ketones is 1. The second kappa shape index (κ2) is 4.69. The van der Waals surface area contributed by atoms with Gasteiger partial charge in [0.2, 0.25) is 0 Å². The fourth-order valence-corrected chi connectivity index (χ4v) is 1.72. The van der Waals surface area contributed by atoms with E-state index in [1.165, 1.54) is 0 Å². The Morgan fingerprint density at radius 2 is 1.77 bits per heavy atom. The molecule has 0 aromatic heterocycles. The first-order valence-electron chi connectivity index (χ1n) is 4.44. The van der Waals surface area contributed by atoms with Crippen molar-refractivity contribution in [2.24, 2.45) is 0 Å². The first-order valence-corrected chi connectivity index (χ1v) is 4.44. The molecule has 2 atom stereocenters. The van der Waals surface area contributed by atoms with Crippen molar-refractivity contribution < 1.29 is 14.3 Å². The molecule has 1 aliphatic rings. The molecule has 13 heavy (non-hydrogen) atoms. The smallest absolute Gasteiger partial charge is 0.143 e. The van der Waals surface area contributed by atoms with Crippen LogP contribution in [-0.4, -0.2) is 56.7 Å². The van der Waals surface area contributed by atoms with Crippen molar-refractivity contribution in [2.75, 3.05) is 33.9 Å². The molecule has 1 heterocycles. The van der Waals surface area contributed by atoms with Crippen LogP contribution in [0, 0.1) is 0 Å². The van der Waals surface area contributed by atoms with Crippen molar-refractivity contribution in [2.45, 2.75) is 19.1 Å². The third-order valence-corrected chi connectivity index (χ3v) is 2.34. The molecular weight excluding hydrogens is 170 g/mol. The number of likely N-dealkylation sites (tertiary alicyclic amines) is 1. The van der Waals surface area contributed by atoms with Crippen molar-refractivity contribution in [3.63, 3.8) is 0 Å². The highest BCUT2D eigenvalue weighted by molar-refractivity contribution is 5.77. The maximum Gasteiger partial charge on any atom is 0.143 e. The van der Waals surface area contributed by atoms with Crippen LogP contribution in [0.5, 0.6) is 0 Å². The van der Waals surface area contributed by atoms with E-state index in [1.54, 1.807) is 21.1 Å². The second-order valence-electron chi connectivity index (χ2n) is 3.44. The molecular formula is C9H17NO3. The molecule has 1 fully saturated rings. The Kier molecular flexibility index (Phi) is 3.84. The fourth-order valence-electron chi connectivity index (χ4n) is 1.72. The number of hydrogen-bond donors (Lipinski definition) is 0. The normalized spacial score (nSPS) is 29.5. The molecule has 1 aliphatic heterocycles. The van der Waals surface area contributed by atoms with Gasteiger partial charge in [0.25, 0.3) is 0 Å². The lowest BCUT2D eigenvalue weighted by Crippen LogP contribution is -2.27. The summed E-state index contributed by atoms with van der Waals surface area (Å²) in [5.41, 5.74) is 0. The Morgan fingerprint density at radius 3 is 2.08 bits per heavy atom. The Balaban J connectivity index is 2.43. The van der Waals surface area contributed by atoms with Crippen LogP contribution in [0.3, 0.4) is 0 Å². The van der Waals surface area contributed by atoms with Crippen molar-refractivity contribution >= 4 is 5.78 Å². The monoisotopic (exact) mass is 187 g/mol. The predicted octanol–water partition coefficient (Wildman–Crippen LogP) is -0.0790. The predicted molar refractivity (Wildman–Crippen MR) is 48.7 cm³/mol. The average molecular weight is 187 g/mol. The molecule has 76 valence electrons. The zero-order chi connectivity index (χ0) is 9.84. The summed E-state index contributed by atoms with van der Waals surface area (Å²) in [5, 5.41) is 0. The highest BCUT2D eigenvalue weighted by Crippen LogP contribution is 2.14. The van der Waals surface area contributed by atoms with Gasteiger partial charge in [0.1, 0.15) is 5.78 Å². The van der Waals surface area contributed by atoms with Crippen LogP contribution in [0.4, 0.5) is 0 Å². The van der Waals surface area contributed by atoms with Crippen molar-refractivity contribution in [1.29, 1.82) is 0 Å². The number of rotatable bonds is 4. The summed E-state index contributed by atoms with van der Waals surface area (Å²) in [5.74, 6) is 0.187. The minimum atomic E-state index is 0.101. The van der Waals surface area contributed by atoms with Crippen LogP contribution in [0.1, 0.15) is 6.92 Å². The van der Waals surface area contributed by atoms with E-state index in [9.17, 15) is 4.79 Å². The Labute approximate surface area is 78.8 Å². The molecule has 0 radical (unpaired) electrons. The quantitative estimate of drug-likeness (QED) is 0.617. The van der Waals surface area contributed by atoms with Gasteiger partial charge in [-0.1, -0.05) is 0 Å². The highest BCUT2D eigenvalue weighted by Gasteiger charge is 2.32. The van der Waals surface area contributed by atoms with Gasteiger partial charge in [-0.15, -0.1) is 0 Å². The first kappa shape index (κ1) is 10.6. The van der Waals surface area contributed by atoms with Gasteiger partial charge in [-0.3, -0.25) is 9.69 Å². The summed E-state index contributed by atoms with van der Waals surface area (Å²) >= 11 is 0. The van der Waals surface area contributed by atoms with Gasteiger partial charge in [0, 0.05) is 27.3 Å². The van der Waals surface area contributed by atoms with Gasteiger partial charge in [-0.2, -0.15) is 0 Å². The molecule has 0 aromatic carbocycles. The molecule has 0 amide bonds. The largest absolute Gasteiger partial charge is 0.377 e.